The van der Waals surface area contributed by atoms with Gasteiger partial charge in [0.1, 0.15) is 0 Å². The molecule has 1 unspecified atom stereocenters. The average Bonchev–Trinajstić information content (AvgIpc) is 2.13. The molecular weight excluding hydrogens is 188 g/mol. The maximum Gasteiger partial charge on any atom is 0.200 e. The number of benzene rings is 1. The highest BCUT2D eigenvalue weighted by Crippen LogP contribution is 2.28. The highest BCUT2D eigenvalue weighted by Gasteiger charge is 2.22. The third-order valence-corrected chi connectivity index (χ3v) is 2.40. The molecule has 1 atom stereocenters. The number of nitrogens with two attached hydrogens (primary N) is 1. The van der Waals surface area contributed by atoms with Crippen LogP contribution in [0.3, 0.4) is 0 Å². The van der Waals surface area contributed by atoms with Gasteiger partial charge in [0.15, 0.2) is 17.4 Å². The number of aromatic hydroxyl groups is 1. The predicted octanol–water partition coefficient (Wildman–Crippen LogP) is 2.25. The third kappa shape index (κ3) is 1.85. The topological polar surface area (TPSA) is 46.2 Å². The molecule has 0 saturated heterocycles. The van der Waals surface area contributed by atoms with E-state index in [2.05, 4.69) is 0 Å². The van der Waals surface area contributed by atoms with E-state index in [9.17, 15) is 8.78 Å². The van der Waals surface area contributed by atoms with Crippen LogP contribution < -0.4 is 5.73 Å². The zero-order valence-electron chi connectivity index (χ0n) is 8.14. The first-order valence-electron chi connectivity index (χ1n) is 4.36. The van der Waals surface area contributed by atoms with Crippen molar-refractivity contribution >= 4 is 0 Å². The van der Waals surface area contributed by atoms with Crippen molar-refractivity contribution < 1.29 is 13.9 Å². The molecule has 1 aromatic rings. The summed E-state index contributed by atoms with van der Waals surface area (Å²) in [5.41, 5.74) is 5.45. The van der Waals surface area contributed by atoms with E-state index < -0.39 is 22.9 Å². The van der Waals surface area contributed by atoms with Crippen molar-refractivity contribution in [1.29, 1.82) is 0 Å². The van der Waals surface area contributed by atoms with Crippen LogP contribution in [0.15, 0.2) is 12.1 Å². The average molecular weight is 201 g/mol. The van der Waals surface area contributed by atoms with Crippen LogP contribution in [-0.4, -0.2) is 5.11 Å². The summed E-state index contributed by atoms with van der Waals surface area (Å²) in [6.07, 6.45) is 0.567. The van der Waals surface area contributed by atoms with E-state index in [0.29, 0.717) is 12.0 Å². The second-order valence-electron chi connectivity index (χ2n) is 3.56. The molecule has 0 aliphatic heterocycles. The summed E-state index contributed by atoms with van der Waals surface area (Å²) >= 11 is 0. The number of hydrogen-bond acceptors (Lipinski definition) is 2. The minimum absolute atomic E-state index is 0.386. The summed E-state index contributed by atoms with van der Waals surface area (Å²) in [7, 11) is 0. The molecular formula is C10H13F2NO. The Bertz CT molecular complexity index is 327. The number of hydrogen-bond donors (Lipinski definition) is 2. The predicted molar refractivity (Wildman–Crippen MR) is 49.9 cm³/mol. The van der Waals surface area contributed by atoms with Gasteiger partial charge in [-0.2, -0.15) is 4.39 Å². The summed E-state index contributed by atoms with van der Waals surface area (Å²) in [5.74, 6) is -3.02. The minimum atomic E-state index is -1.24. The lowest BCUT2D eigenvalue weighted by molar-refractivity contribution is 0.397. The van der Waals surface area contributed by atoms with E-state index in [1.54, 1.807) is 6.92 Å². The van der Waals surface area contributed by atoms with Crippen molar-refractivity contribution in [3.05, 3.63) is 29.3 Å². The van der Waals surface area contributed by atoms with Gasteiger partial charge in [0.25, 0.3) is 0 Å². The molecule has 0 aromatic heterocycles. The van der Waals surface area contributed by atoms with E-state index in [1.807, 2.05) is 6.92 Å². The normalized spacial score (nSPS) is 15.2. The molecule has 2 nitrogen and oxygen atoms in total. The van der Waals surface area contributed by atoms with Crippen molar-refractivity contribution in [2.24, 2.45) is 5.73 Å². The van der Waals surface area contributed by atoms with Crippen molar-refractivity contribution in [2.75, 3.05) is 0 Å². The Morgan fingerprint density at radius 2 is 2.00 bits per heavy atom. The van der Waals surface area contributed by atoms with Gasteiger partial charge in [0.2, 0.25) is 0 Å². The van der Waals surface area contributed by atoms with Crippen molar-refractivity contribution in [2.45, 2.75) is 25.8 Å². The molecule has 0 heterocycles. The Hall–Kier alpha value is -1.16. The molecule has 1 rings (SSSR count). The van der Waals surface area contributed by atoms with Crippen LogP contribution in [0.1, 0.15) is 25.8 Å². The highest BCUT2D eigenvalue weighted by molar-refractivity contribution is 5.34. The molecule has 0 radical (unpaired) electrons. The van der Waals surface area contributed by atoms with Gasteiger partial charge in [0.05, 0.1) is 0 Å². The Morgan fingerprint density at radius 1 is 1.43 bits per heavy atom. The second kappa shape index (κ2) is 3.53. The van der Waals surface area contributed by atoms with Gasteiger partial charge in [-0.25, -0.2) is 4.39 Å². The summed E-state index contributed by atoms with van der Waals surface area (Å²) in [4.78, 5) is 0. The van der Waals surface area contributed by atoms with Crippen LogP contribution in [0.4, 0.5) is 8.78 Å². The molecule has 0 aliphatic rings. The lowest BCUT2D eigenvalue weighted by atomic mass is 9.90. The molecule has 0 saturated carbocycles. The fourth-order valence-corrected chi connectivity index (χ4v) is 1.11. The second-order valence-corrected chi connectivity index (χ2v) is 3.56. The smallest absolute Gasteiger partial charge is 0.200 e. The number of phenolic OH excluding ortho intramolecular Hbond substituents is 1. The maximum absolute atomic E-state index is 12.9. The van der Waals surface area contributed by atoms with Gasteiger partial charge in [-0.1, -0.05) is 6.92 Å². The molecule has 1 aromatic carbocycles. The Balaban J connectivity index is 3.26. The molecule has 78 valence electrons. The number of rotatable bonds is 2. The molecule has 0 fully saturated rings. The first-order chi connectivity index (χ1) is 6.38. The SMILES string of the molecule is CCC(C)(N)c1cc(O)c(F)c(F)c1. The zero-order valence-corrected chi connectivity index (χ0v) is 8.14. The third-order valence-electron chi connectivity index (χ3n) is 2.40. The first kappa shape index (κ1) is 10.9. The molecule has 3 N–H and O–H groups in total. The Labute approximate surface area is 81.4 Å². The molecule has 14 heavy (non-hydrogen) atoms. The summed E-state index contributed by atoms with van der Waals surface area (Å²) in [5, 5.41) is 9.07. The van der Waals surface area contributed by atoms with Gasteiger partial charge in [-0.3, -0.25) is 0 Å². The fourth-order valence-electron chi connectivity index (χ4n) is 1.11. The van der Waals surface area contributed by atoms with Crippen LogP contribution in [0.5, 0.6) is 5.75 Å². The standard InChI is InChI=1S/C10H13F2NO/c1-3-10(2,13)6-4-7(11)9(12)8(14)5-6/h4-5,14H,3,13H2,1-2H3. The van der Waals surface area contributed by atoms with E-state index in [1.165, 1.54) is 0 Å². The molecule has 0 amide bonds. The van der Waals surface area contributed by atoms with Gasteiger partial charge in [-0.15, -0.1) is 0 Å². The van der Waals surface area contributed by atoms with Crippen molar-refractivity contribution in [1.82, 2.24) is 0 Å². The summed E-state index contributed by atoms with van der Waals surface area (Å²) in [6.45, 7) is 3.53. The van der Waals surface area contributed by atoms with Crippen LogP contribution in [-0.2, 0) is 5.54 Å². The lowest BCUT2D eigenvalue weighted by Crippen LogP contribution is -2.32. The van der Waals surface area contributed by atoms with Crippen LogP contribution >= 0.6 is 0 Å². The van der Waals surface area contributed by atoms with Gasteiger partial charge >= 0.3 is 0 Å². The minimum Gasteiger partial charge on any atom is -0.505 e. The zero-order chi connectivity index (χ0) is 10.9. The quantitative estimate of drug-likeness (QED) is 0.770. The lowest BCUT2D eigenvalue weighted by Gasteiger charge is -2.23. The van der Waals surface area contributed by atoms with E-state index in [4.69, 9.17) is 10.8 Å². The van der Waals surface area contributed by atoms with Crippen LogP contribution in [0.2, 0.25) is 0 Å². The van der Waals surface area contributed by atoms with E-state index in [-0.39, 0.29) is 0 Å². The van der Waals surface area contributed by atoms with Gasteiger partial charge in [-0.05, 0) is 31.0 Å². The highest BCUT2D eigenvalue weighted by atomic mass is 19.2. The molecule has 4 heteroatoms. The Morgan fingerprint density at radius 3 is 2.43 bits per heavy atom. The van der Waals surface area contributed by atoms with Gasteiger partial charge in [0, 0.05) is 5.54 Å². The van der Waals surface area contributed by atoms with Crippen LogP contribution in [0.25, 0.3) is 0 Å². The van der Waals surface area contributed by atoms with Crippen molar-refractivity contribution in [3.8, 4) is 5.75 Å². The van der Waals surface area contributed by atoms with Gasteiger partial charge < -0.3 is 10.8 Å². The van der Waals surface area contributed by atoms with Crippen molar-refractivity contribution in [3.63, 3.8) is 0 Å². The van der Waals surface area contributed by atoms with E-state index in [0.717, 1.165) is 12.1 Å². The Kier molecular flexibility index (Phi) is 2.76. The fraction of sp³-hybridized carbons (Fsp3) is 0.400. The number of halogens is 2. The molecule has 0 bridgehead atoms. The number of phenols is 1. The van der Waals surface area contributed by atoms with E-state index >= 15 is 0 Å². The summed E-state index contributed by atoms with van der Waals surface area (Å²) in [6, 6.07) is 2.17. The van der Waals surface area contributed by atoms with Crippen LogP contribution in [0, 0.1) is 11.6 Å². The first-order valence-corrected chi connectivity index (χ1v) is 4.36. The largest absolute Gasteiger partial charge is 0.505 e. The molecule has 0 aliphatic carbocycles. The maximum atomic E-state index is 12.9. The monoisotopic (exact) mass is 201 g/mol. The summed E-state index contributed by atoms with van der Waals surface area (Å²) < 4.78 is 25.7. The molecule has 0 spiro atoms.